The van der Waals surface area contributed by atoms with Crippen LogP contribution in [0.15, 0.2) is 30.8 Å². The third-order valence-electron chi connectivity index (χ3n) is 1.08. The van der Waals surface area contributed by atoms with Gasteiger partial charge in [-0.15, -0.1) is 0 Å². The summed E-state index contributed by atoms with van der Waals surface area (Å²) in [6.07, 6.45) is 6.99. The highest BCUT2D eigenvalue weighted by Crippen LogP contribution is 1.97. The molecule has 0 saturated heterocycles. The topological polar surface area (TPSA) is 22.1 Å². The Bertz CT molecular complexity index is 210. The number of rotatable bonds is 2. The second-order valence-corrected chi connectivity index (χ2v) is 1.82. The third kappa shape index (κ3) is 1.93. The van der Waals surface area contributed by atoms with Gasteiger partial charge in [0.15, 0.2) is 0 Å². The smallest absolute Gasteiger partial charge is 0.321 e. The Labute approximate surface area is 61.0 Å². The zero-order chi connectivity index (χ0) is 7.23. The van der Waals surface area contributed by atoms with Gasteiger partial charge < -0.3 is 4.65 Å². The van der Waals surface area contributed by atoms with E-state index in [-0.39, 0.29) is 0 Å². The number of nitrogens with zero attached hydrogens (tertiary/aromatic N) is 1. The molecule has 0 N–H and O–H groups in total. The Balaban J connectivity index is 2.67. The summed E-state index contributed by atoms with van der Waals surface area (Å²) in [4.78, 5) is 3.93. The number of hydrogen-bond acceptors (Lipinski definition) is 2. The van der Waals surface area contributed by atoms with Crippen molar-refractivity contribution in [2.45, 2.75) is 0 Å². The van der Waals surface area contributed by atoms with Gasteiger partial charge in [-0.1, -0.05) is 6.07 Å². The molecule has 1 rings (SSSR count). The van der Waals surface area contributed by atoms with Gasteiger partial charge in [-0.25, -0.2) is 0 Å². The van der Waals surface area contributed by atoms with E-state index in [0.717, 1.165) is 5.56 Å². The van der Waals surface area contributed by atoms with Gasteiger partial charge in [0.25, 0.3) is 0 Å². The fourth-order valence-corrected chi connectivity index (χ4v) is 0.621. The molecule has 0 radical (unpaired) electrons. The van der Waals surface area contributed by atoms with Gasteiger partial charge in [0.2, 0.25) is 0 Å². The fourth-order valence-electron chi connectivity index (χ4n) is 0.621. The van der Waals surface area contributed by atoms with Crippen molar-refractivity contribution in [2.75, 3.05) is 0 Å². The zero-order valence-corrected chi connectivity index (χ0v) is 5.82. The van der Waals surface area contributed by atoms with E-state index in [1.54, 1.807) is 26.7 Å². The van der Waals surface area contributed by atoms with Crippen LogP contribution >= 0.6 is 0 Å². The van der Waals surface area contributed by atoms with Gasteiger partial charge in [-0.05, 0) is 17.7 Å². The normalized spacial score (nSPS) is 10.0. The van der Waals surface area contributed by atoms with Gasteiger partial charge in [0.1, 0.15) is 0 Å². The molecule has 0 aliphatic carbocycles. The average Bonchev–Trinajstić information content (AvgIpc) is 2.03. The second kappa shape index (κ2) is 3.72. The first kappa shape index (κ1) is 6.87. The molecule has 0 amide bonds. The van der Waals surface area contributed by atoms with Crippen LogP contribution in [0, 0.1) is 0 Å². The number of aromatic nitrogens is 1. The lowest BCUT2D eigenvalue weighted by Gasteiger charge is -1.89. The highest BCUT2D eigenvalue weighted by Gasteiger charge is 1.80. The molecule has 50 valence electrons. The minimum Gasteiger partial charge on any atom is -0.573 e. The minimum absolute atomic E-state index is 1.05. The lowest BCUT2D eigenvalue weighted by atomic mass is 10.3. The maximum absolute atomic E-state index is 4.74. The molecular formula is C7H8BNO. The largest absolute Gasteiger partial charge is 0.573 e. The summed E-state index contributed by atoms with van der Waals surface area (Å²) in [6.45, 7) is 0. The summed E-state index contributed by atoms with van der Waals surface area (Å²) in [7, 11) is 1.62. The molecule has 0 aliphatic heterocycles. The first-order valence-corrected chi connectivity index (χ1v) is 3.03. The maximum Gasteiger partial charge on any atom is 0.321 e. The van der Waals surface area contributed by atoms with Crippen molar-refractivity contribution in [3.05, 3.63) is 36.4 Å². The van der Waals surface area contributed by atoms with Crippen molar-refractivity contribution < 1.29 is 4.65 Å². The van der Waals surface area contributed by atoms with E-state index < -0.39 is 0 Å². The van der Waals surface area contributed by atoms with Gasteiger partial charge in [-0.3, -0.25) is 4.98 Å². The Morgan fingerprint density at radius 3 is 3.10 bits per heavy atom. The molecule has 0 atom stereocenters. The van der Waals surface area contributed by atoms with E-state index in [1.165, 1.54) is 0 Å². The van der Waals surface area contributed by atoms with Gasteiger partial charge in [0.05, 0.1) is 6.26 Å². The van der Waals surface area contributed by atoms with Crippen LogP contribution in [-0.2, 0) is 4.65 Å². The van der Waals surface area contributed by atoms with Crippen molar-refractivity contribution in [3.63, 3.8) is 0 Å². The van der Waals surface area contributed by atoms with Crippen LogP contribution in [-0.4, -0.2) is 13.0 Å². The van der Waals surface area contributed by atoms with Gasteiger partial charge >= 0.3 is 8.05 Å². The molecular weight excluding hydrogens is 125 g/mol. The first-order valence-electron chi connectivity index (χ1n) is 3.03. The van der Waals surface area contributed by atoms with Crippen LogP contribution in [0.4, 0.5) is 0 Å². The minimum atomic E-state index is 1.05. The molecule has 0 fully saturated rings. The molecule has 0 bridgehead atoms. The van der Waals surface area contributed by atoms with E-state index in [0.29, 0.717) is 0 Å². The summed E-state index contributed by atoms with van der Waals surface area (Å²) < 4.78 is 4.74. The predicted molar refractivity (Wildman–Crippen MR) is 42.9 cm³/mol. The van der Waals surface area contributed by atoms with Crippen LogP contribution < -0.4 is 0 Å². The molecule has 0 aliphatic rings. The molecule has 1 aromatic rings. The van der Waals surface area contributed by atoms with E-state index in [4.69, 9.17) is 4.65 Å². The van der Waals surface area contributed by atoms with Crippen LogP contribution in [0.3, 0.4) is 0 Å². The van der Waals surface area contributed by atoms with Crippen LogP contribution in [0.5, 0.6) is 0 Å². The fraction of sp³-hybridized carbons (Fsp3) is 0. The molecule has 0 spiro atoms. The molecule has 0 unspecified atom stereocenters. The summed E-state index contributed by atoms with van der Waals surface area (Å²) in [5.41, 5.74) is 1.05. The van der Waals surface area contributed by atoms with E-state index in [2.05, 4.69) is 4.98 Å². The van der Waals surface area contributed by atoms with Crippen molar-refractivity contribution in [1.29, 1.82) is 0 Å². The second-order valence-electron chi connectivity index (χ2n) is 1.82. The molecule has 0 saturated carbocycles. The average molecular weight is 133 g/mol. The summed E-state index contributed by atoms with van der Waals surface area (Å²) >= 11 is 0. The lowest BCUT2D eigenvalue weighted by Crippen LogP contribution is -1.74. The van der Waals surface area contributed by atoms with Crippen molar-refractivity contribution in [1.82, 2.24) is 4.98 Å². The summed E-state index contributed by atoms with van der Waals surface area (Å²) in [5.74, 6) is 0. The monoisotopic (exact) mass is 133 g/mol. The number of pyridine rings is 1. The Morgan fingerprint density at radius 2 is 2.50 bits per heavy atom. The molecule has 1 heterocycles. The zero-order valence-electron chi connectivity index (χ0n) is 5.82. The quantitative estimate of drug-likeness (QED) is 0.435. The molecule has 0 aromatic carbocycles. The van der Waals surface area contributed by atoms with Crippen molar-refractivity contribution in [2.24, 2.45) is 0 Å². The lowest BCUT2D eigenvalue weighted by molar-refractivity contribution is 0.539. The van der Waals surface area contributed by atoms with Crippen LogP contribution in [0.2, 0.25) is 0 Å². The molecule has 3 heteroatoms. The van der Waals surface area contributed by atoms with Crippen molar-refractivity contribution >= 4 is 14.1 Å². The van der Waals surface area contributed by atoms with Crippen molar-refractivity contribution in [3.8, 4) is 0 Å². The predicted octanol–water partition coefficient (Wildman–Crippen LogP) is 0.617. The maximum atomic E-state index is 4.74. The van der Waals surface area contributed by atoms with E-state index in [1.807, 2.05) is 18.2 Å². The molecule has 1 aromatic heterocycles. The third-order valence-corrected chi connectivity index (χ3v) is 1.08. The standard InChI is InChI=1S/C7H8BNO/c8-10-5-3-7-2-1-4-9-6-7/h1-6H,8H2. The molecule has 10 heavy (non-hydrogen) atoms. The first-order chi connectivity index (χ1) is 4.93. The summed E-state index contributed by atoms with van der Waals surface area (Å²) in [6, 6.07) is 3.85. The van der Waals surface area contributed by atoms with Crippen LogP contribution in [0.1, 0.15) is 5.56 Å². The highest BCUT2D eigenvalue weighted by atomic mass is 16.4. The van der Waals surface area contributed by atoms with Crippen LogP contribution in [0.25, 0.3) is 6.08 Å². The Hall–Kier alpha value is -1.25. The highest BCUT2D eigenvalue weighted by molar-refractivity contribution is 5.98. The Kier molecular flexibility index (Phi) is 2.55. The van der Waals surface area contributed by atoms with Gasteiger partial charge in [0, 0.05) is 12.4 Å². The van der Waals surface area contributed by atoms with E-state index in [9.17, 15) is 0 Å². The Morgan fingerprint density at radius 1 is 1.60 bits per heavy atom. The van der Waals surface area contributed by atoms with E-state index >= 15 is 0 Å². The SMILES string of the molecule is BOC=Cc1cccnc1. The van der Waals surface area contributed by atoms with Gasteiger partial charge in [-0.2, -0.15) is 0 Å². The number of hydrogen-bond donors (Lipinski definition) is 0. The summed E-state index contributed by atoms with van der Waals surface area (Å²) in [5, 5.41) is 0. The molecule has 2 nitrogen and oxygen atoms in total.